The highest BCUT2D eigenvalue weighted by molar-refractivity contribution is 7.11. The molecule has 96 valence electrons. The minimum absolute atomic E-state index is 0.508. The van der Waals surface area contributed by atoms with E-state index in [2.05, 4.69) is 38.0 Å². The van der Waals surface area contributed by atoms with Gasteiger partial charge in [0.1, 0.15) is 5.01 Å². The molecule has 1 aliphatic rings. The highest BCUT2D eigenvalue weighted by Crippen LogP contribution is 2.40. The van der Waals surface area contributed by atoms with Crippen molar-refractivity contribution >= 4 is 11.3 Å². The first-order chi connectivity index (χ1) is 8.00. The van der Waals surface area contributed by atoms with Crippen LogP contribution in [0.15, 0.2) is 6.20 Å². The second-order valence-electron chi connectivity index (χ2n) is 6.11. The van der Waals surface area contributed by atoms with Crippen molar-refractivity contribution in [2.45, 2.75) is 59.5 Å². The lowest BCUT2D eigenvalue weighted by molar-refractivity contribution is 0.362. The van der Waals surface area contributed by atoms with Crippen LogP contribution in [0.2, 0.25) is 0 Å². The van der Waals surface area contributed by atoms with Gasteiger partial charge in [-0.1, -0.05) is 27.7 Å². The lowest BCUT2D eigenvalue weighted by Gasteiger charge is -2.17. The largest absolute Gasteiger partial charge is 0.307 e. The summed E-state index contributed by atoms with van der Waals surface area (Å²) in [5, 5.41) is 4.92. The van der Waals surface area contributed by atoms with Crippen LogP contribution in [0, 0.1) is 11.3 Å². The highest BCUT2D eigenvalue weighted by Gasteiger charge is 2.36. The van der Waals surface area contributed by atoms with Gasteiger partial charge in [-0.15, -0.1) is 11.3 Å². The number of thiazole rings is 1. The maximum atomic E-state index is 4.47. The van der Waals surface area contributed by atoms with Crippen LogP contribution >= 0.6 is 11.3 Å². The summed E-state index contributed by atoms with van der Waals surface area (Å²) >= 11 is 1.84. The second kappa shape index (κ2) is 5.07. The third-order valence-electron chi connectivity index (χ3n) is 3.80. The van der Waals surface area contributed by atoms with Crippen LogP contribution in [0.4, 0.5) is 0 Å². The van der Waals surface area contributed by atoms with Crippen LogP contribution in [0.25, 0.3) is 0 Å². The molecule has 0 spiro atoms. The molecule has 1 heterocycles. The lowest BCUT2D eigenvalue weighted by Crippen LogP contribution is -2.31. The molecule has 3 heteroatoms. The van der Waals surface area contributed by atoms with E-state index in [9.17, 15) is 0 Å². The minimum Gasteiger partial charge on any atom is -0.307 e. The molecule has 2 atom stereocenters. The summed E-state index contributed by atoms with van der Waals surface area (Å²) in [4.78, 5) is 5.86. The van der Waals surface area contributed by atoms with Gasteiger partial charge >= 0.3 is 0 Å². The topological polar surface area (TPSA) is 24.9 Å². The third-order valence-corrected chi connectivity index (χ3v) is 4.94. The maximum Gasteiger partial charge on any atom is 0.107 e. The van der Waals surface area contributed by atoms with Crippen LogP contribution in [0.3, 0.4) is 0 Å². The Morgan fingerprint density at radius 1 is 1.47 bits per heavy atom. The number of nitrogens with one attached hydrogen (secondary N) is 1. The van der Waals surface area contributed by atoms with E-state index in [0.717, 1.165) is 18.9 Å². The minimum atomic E-state index is 0.508. The Kier molecular flexibility index (Phi) is 3.88. The number of aryl methyl sites for hydroxylation is 1. The first-order valence-corrected chi connectivity index (χ1v) is 7.49. The fraction of sp³-hybridized carbons (Fsp3) is 0.786. The van der Waals surface area contributed by atoms with Crippen molar-refractivity contribution in [3.05, 3.63) is 16.1 Å². The molecule has 0 bridgehead atoms. The number of aromatic nitrogens is 1. The van der Waals surface area contributed by atoms with Gasteiger partial charge in [0.2, 0.25) is 0 Å². The molecule has 1 N–H and O–H groups in total. The van der Waals surface area contributed by atoms with Crippen molar-refractivity contribution in [3.8, 4) is 0 Å². The highest BCUT2D eigenvalue weighted by atomic mass is 32.1. The smallest absolute Gasteiger partial charge is 0.107 e. The molecule has 0 radical (unpaired) electrons. The Labute approximate surface area is 109 Å². The molecule has 0 aromatic carbocycles. The van der Waals surface area contributed by atoms with Crippen molar-refractivity contribution in [3.63, 3.8) is 0 Å². The average molecular weight is 252 g/mol. The Balaban J connectivity index is 1.86. The van der Waals surface area contributed by atoms with Gasteiger partial charge in [-0.25, -0.2) is 4.98 Å². The zero-order valence-electron chi connectivity index (χ0n) is 11.4. The van der Waals surface area contributed by atoms with E-state index in [0.29, 0.717) is 11.5 Å². The van der Waals surface area contributed by atoms with Gasteiger partial charge in [-0.2, -0.15) is 0 Å². The fourth-order valence-electron chi connectivity index (χ4n) is 2.98. The van der Waals surface area contributed by atoms with Crippen LogP contribution in [-0.4, -0.2) is 11.0 Å². The molecule has 0 saturated heterocycles. The Morgan fingerprint density at radius 2 is 2.24 bits per heavy atom. The van der Waals surface area contributed by atoms with E-state index in [1.54, 1.807) is 0 Å². The lowest BCUT2D eigenvalue weighted by atomic mass is 9.91. The molecule has 1 fully saturated rings. The summed E-state index contributed by atoms with van der Waals surface area (Å²) < 4.78 is 0. The molecule has 2 nitrogen and oxygen atoms in total. The van der Waals surface area contributed by atoms with Gasteiger partial charge in [0.15, 0.2) is 0 Å². The van der Waals surface area contributed by atoms with E-state index < -0.39 is 0 Å². The zero-order chi connectivity index (χ0) is 12.5. The van der Waals surface area contributed by atoms with Gasteiger partial charge in [0.25, 0.3) is 0 Å². The van der Waals surface area contributed by atoms with Crippen LogP contribution in [0.5, 0.6) is 0 Å². The van der Waals surface area contributed by atoms with Crippen molar-refractivity contribution in [2.75, 3.05) is 0 Å². The van der Waals surface area contributed by atoms with Crippen molar-refractivity contribution in [2.24, 2.45) is 11.3 Å². The van der Waals surface area contributed by atoms with E-state index in [4.69, 9.17) is 0 Å². The van der Waals surface area contributed by atoms with E-state index >= 15 is 0 Å². The van der Waals surface area contributed by atoms with E-state index in [-0.39, 0.29) is 0 Å². The molecular formula is C14H24N2S. The van der Waals surface area contributed by atoms with E-state index in [1.165, 1.54) is 22.7 Å². The van der Waals surface area contributed by atoms with Crippen LogP contribution in [0.1, 0.15) is 50.4 Å². The molecule has 1 aromatic rings. The Morgan fingerprint density at radius 3 is 2.76 bits per heavy atom. The average Bonchev–Trinajstić information content (AvgIpc) is 2.79. The summed E-state index contributed by atoms with van der Waals surface area (Å²) in [6.07, 6.45) is 5.75. The third kappa shape index (κ3) is 3.29. The molecule has 2 rings (SSSR count). The quantitative estimate of drug-likeness (QED) is 0.885. The maximum absolute atomic E-state index is 4.47. The number of hydrogen-bond donors (Lipinski definition) is 1. The fourth-order valence-corrected chi connectivity index (χ4v) is 3.79. The first kappa shape index (κ1) is 13.0. The summed E-state index contributed by atoms with van der Waals surface area (Å²) in [6, 6.07) is 0.666. The van der Waals surface area contributed by atoms with Gasteiger partial charge in [-0.05, 0) is 30.6 Å². The summed E-state index contributed by atoms with van der Waals surface area (Å²) in [5.74, 6) is 0.788. The predicted octanol–water partition coefficient (Wildman–Crippen LogP) is 3.62. The molecule has 1 aliphatic carbocycles. The van der Waals surface area contributed by atoms with Crippen molar-refractivity contribution < 1.29 is 0 Å². The normalized spacial score (nSPS) is 27.5. The van der Waals surface area contributed by atoms with E-state index in [1.807, 2.05) is 17.5 Å². The van der Waals surface area contributed by atoms with Crippen molar-refractivity contribution in [1.29, 1.82) is 0 Å². The molecule has 0 amide bonds. The Hall–Kier alpha value is -0.410. The van der Waals surface area contributed by atoms with Gasteiger partial charge < -0.3 is 5.32 Å². The van der Waals surface area contributed by atoms with Crippen molar-refractivity contribution in [1.82, 2.24) is 10.3 Å². The number of hydrogen-bond acceptors (Lipinski definition) is 3. The summed E-state index contributed by atoms with van der Waals surface area (Å²) in [7, 11) is 0. The molecule has 2 unspecified atom stereocenters. The molecule has 0 aliphatic heterocycles. The molecular weight excluding hydrogens is 228 g/mol. The number of rotatable bonds is 4. The van der Waals surface area contributed by atoms with Gasteiger partial charge in [0, 0.05) is 23.7 Å². The number of nitrogens with zero attached hydrogens (tertiary/aromatic N) is 1. The van der Waals surface area contributed by atoms with Crippen LogP contribution < -0.4 is 5.32 Å². The molecule has 17 heavy (non-hydrogen) atoms. The molecule has 1 saturated carbocycles. The monoisotopic (exact) mass is 252 g/mol. The van der Waals surface area contributed by atoms with Crippen LogP contribution in [-0.2, 0) is 13.0 Å². The first-order valence-electron chi connectivity index (χ1n) is 6.67. The SMILES string of the molecule is CCc1cnc(CNC2CC(C)(C)CC2C)s1. The van der Waals surface area contributed by atoms with Gasteiger partial charge in [-0.3, -0.25) is 0 Å². The Bertz CT molecular complexity index is 370. The predicted molar refractivity (Wildman–Crippen MR) is 74.3 cm³/mol. The second-order valence-corrected chi connectivity index (χ2v) is 7.31. The van der Waals surface area contributed by atoms with Gasteiger partial charge in [0.05, 0.1) is 0 Å². The summed E-state index contributed by atoms with van der Waals surface area (Å²) in [6.45, 7) is 10.3. The summed E-state index contributed by atoms with van der Waals surface area (Å²) in [5.41, 5.74) is 0.508. The zero-order valence-corrected chi connectivity index (χ0v) is 12.2. The standard InChI is InChI=1S/C14H24N2S/c1-5-11-8-16-13(17-11)9-15-12-7-14(3,4)6-10(12)2/h8,10,12,15H,5-7,9H2,1-4H3. The molecule has 1 aromatic heterocycles.